The molecule has 1 rings (SSSR count). The molecule has 0 spiro atoms. The first-order valence-electron chi connectivity index (χ1n) is 6.37. The Hall–Kier alpha value is -2.12. The Balaban J connectivity index is 3.36. The maximum atomic E-state index is 11.5. The van der Waals surface area contributed by atoms with Crippen molar-refractivity contribution in [2.24, 2.45) is 7.05 Å². The van der Waals surface area contributed by atoms with E-state index in [0.717, 1.165) is 0 Å². The molecule has 20 heavy (non-hydrogen) atoms. The van der Waals surface area contributed by atoms with E-state index in [4.69, 9.17) is 0 Å². The molecule has 8 nitrogen and oxygen atoms in total. The van der Waals surface area contributed by atoms with Crippen LogP contribution in [-0.2, 0) is 23.0 Å². The average molecular weight is 284 g/mol. The third kappa shape index (κ3) is 3.06. The molecule has 0 aliphatic carbocycles. The van der Waals surface area contributed by atoms with Gasteiger partial charge in [-0.05, 0) is 20.3 Å². The molecule has 0 aliphatic heterocycles. The van der Waals surface area contributed by atoms with Crippen LogP contribution in [0.15, 0.2) is 0 Å². The number of methoxy groups -OCH3 is 1. The van der Waals surface area contributed by atoms with E-state index >= 15 is 0 Å². The predicted molar refractivity (Wildman–Crippen MR) is 73.7 cm³/mol. The van der Waals surface area contributed by atoms with Crippen LogP contribution < -0.4 is 4.90 Å². The summed E-state index contributed by atoms with van der Waals surface area (Å²) >= 11 is 0. The highest BCUT2D eigenvalue weighted by Gasteiger charge is 2.31. The molecule has 8 heteroatoms. The number of esters is 1. The van der Waals surface area contributed by atoms with Gasteiger partial charge in [0.1, 0.15) is 12.2 Å². The fourth-order valence-corrected chi connectivity index (χ4v) is 2.01. The molecule has 1 aromatic rings. The van der Waals surface area contributed by atoms with E-state index in [1.807, 2.05) is 13.8 Å². The third-order valence-electron chi connectivity index (χ3n) is 3.00. The number of rotatable bonds is 6. The summed E-state index contributed by atoms with van der Waals surface area (Å²) in [5, 5.41) is 15.5. The third-order valence-corrected chi connectivity index (χ3v) is 3.00. The lowest BCUT2D eigenvalue weighted by atomic mass is 10.2. The van der Waals surface area contributed by atoms with Gasteiger partial charge >= 0.3 is 11.7 Å². The quantitative estimate of drug-likeness (QED) is 0.444. The number of anilines is 1. The Bertz CT molecular complexity index is 510. The smallest absolute Gasteiger partial charge is 0.334 e. The fraction of sp³-hybridized carbons (Fsp3) is 0.667. The van der Waals surface area contributed by atoms with Gasteiger partial charge in [0.15, 0.2) is 0 Å². The van der Waals surface area contributed by atoms with Gasteiger partial charge in [-0.3, -0.25) is 14.9 Å². The number of hydrogen-bond donors (Lipinski definition) is 0. The summed E-state index contributed by atoms with van der Waals surface area (Å²) in [4.78, 5) is 24.0. The minimum Gasteiger partial charge on any atom is -0.468 e. The second-order valence-corrected chi connectivity index (χ2v) is 4.65. The van der Waals surface area contributed by atoms with Gasteiger partial charge in [0.2, 0.25) is 5.82 Å². The van der Waals surface area contributed by atoms with Gasteiger partial charge in [-0.1, -0.05) is 6.92 Å². The molecule has 0 saturated heterocycles. The van der Waals surface area contributed by atoms with Gasteiger partial charge in [-0.25, -0.2) is 4.68 Å². The number of carbonyl (C=O) groups excluding carboxylic acids is 1. The molecular weight excluding hydrogens is 264 g/mol. The molecule has 0 radical (unpaired) electrons. The van der Waals surface area contributed by atoms with Crippen molar-refractivity contribution in [1.82, 2.24) is 9.78 Å². The molecule has 0 N–H and O–H groups in total. The first-order valence-corrected chi connectivity index (χ1v) is 6.37. The van der Waals surface area contributed by atoms with Crippen molar-refractivity contribution in [3.05, 3.63) is 15.8 Å². The normalized spacial score (nSPS) is 10.7. The fourth-order valence-electron chi connectivity index (χ4n) is 2.01. The number of ether oxygens (including phenoxy) is 1. The lowest BCUT2D eigenvalue weighted by Crippen LogP contribution is -2.37. The Labute approximate surface area is 117 Å². The highest BCUT2D eigenvalue weighted by atomic mass is 16.6. The van der Waals surface area contributed by atoms with Gasteiger partial charge in [0.25, 0.3) is 0 Å². The van der Waals surface area contributed by atoms with Crippen LogP contribution in [0.2, 0.25) is 0 Å². The standard InChI is InChI=1S/C12H20N4O4/c1-6-9-11(16(18)19)12(14(4)13-9)15(8(2)3)7-10(17)20-5/h8H,6-7H2,1-5H3. The van der Waals surface area contributed by atoms with Crippen LogP contribution in [-0.4, -0.2) is 40.4 Å². The van der Waals surface area contributed by atoms with E-state index in [1.165, 1.54) is 11.8 Å². The second-order valence-electron chi connectivity index (χ2n) is 4.65. The van der Waals surface area contributed by atoms with Crippen molar-refractivity contribution in [3.63, 3.8) is 0 Å². The van der Waals surface area contributed by atoms with Crippen molar-refractivity contribution in [2.75, 3.05) is 18.6 Å². The summed E-state index contributed by atoms with van der Waals surface area (Å²) in [6, 6.07) is -0.104. The van der Waals surface area contributed by atoms with E-state index in [9.17, 15) is 14.9 Å². The summed E-state index contributed by atoms with van der Waals surface area (Å²) in [5.41, 5.74) is 0.357. The first kappa shape index (κ1) is 15.9. The zero-order valence-corrected chi connectivity index (χ0v) is 12.4. The van der Waals surface area contributed by atoms with Crippen LogP contribution in [0.5, 0.6) is 0 Å². The molecule has 112 valence electrons. The van der Waals surface area contributed by atoms with Crippen LogP contribution in [0.25, 0.3) is 0 Å². The van der Waals surface area contributed by atoms with Gasteiger partial charge in [-0.15, -0.1) is 0 Å². The zero-order valence-electron chi connectivity index (χ0n) is 12.4. The van der Waals surface area contributed by atoms with E-state index in [1.54, 1.807) is 18.9 Å². The SMILES string of the molecule is CCc1nn(C)c(N(CC(=O)OC)C(C)C)c1[N+](=O)[O-]. The summed E-state index contributed by atoms with van der Waals surface area (Å²) in [7, 11) is 2.92. The molecule has 1 heterocycles. The average Bonchev–Trinajstić information content (AvgIpc) is 2.72. The maximum absolute atomic E-state index is 11.5. The summed E-state index contributed by atoms with van der Waals surface area (Å²) < 4.78 is 6.09. The minimum absolute atomic E-state index is 0.0485. The molecule has 0 bridgehead atoms. The molecule has 0 aromatic carbocycles. The molecule has 0 saturated carbocycles. The largest absolute Gasteiger partial charge is 0.468 e. The van der Waals surface area contributed by atoms with Gasteiger partial charge in [-0.2, -0.15) is 5.10 Å². The molecule has 1 aromatic heterocycles. The Morgan fingerprint density at radius 2 is 2.15 bits per heavy atom. The summed E-state index contributed by atoms with van der Waals surface area (Å²) in [6.45, 7) is 5.45. The zero-order chi connectivity index (χ0) is 15.4. The molecule has 0 amide bonds. The van der Waals surface area contributed by atoms with Crippen LogP contribution >= 0.6 is 0 Å². The van der Waals surface area contributed by atoms with Crippen LogP contribution in [0, 0.1) is 10.1 Å². The predicted octanol–water partition coefficient (Wildman–Crippen LogP) is 1.28. The highest BCUT2D eigenvalue weighted by molar-refractivity contribution is 5.77. The van der Waals surface area contributed by atoms with Crippen molar-refractivity contribution in [2.45, 2.75) is 33.2 Å². The van der Waals surface area contributed by atoms with Gasteiger partial charge < -0.3 is 9.64 Å². The topological polar surface area (TPSA) is 90.5 Å². The van der Waals surface area contributed by atoms with Crippen molar-refractivity contribution in [1.29, 1.82) is 0 Å². The minimum atomic E-state index is -0.452. The summed E-state index contributed by atoms with van der Waals surface area (Å²) in [5.74, 6) is -0.125. The Morgan fingerprint density at radius 1 is 1.55 bits per heavy atom. The first-order chi connectivity index (χ1) is 9.33. The number of aromatic nitrogens is 2. The number of aryl methyl sites for hydroxylation is 2. The number of nitro groups is 1. The molecule has 0 aliphatic rings. The molecular formula is C12H20N4O4. The highest BCUT2D eigenvalue weighted by Crippen LogP contribution is 2.32. The van der Waals surface area contributed by atoms with Crippen molar-refractivity contribution < 1.29 is 14.5 Å². The lowest BCUT2D eigenvalue weighted by Gasteiger charge is -2.26. The van der Waals surface area contributed by atoms with E-state index in [-0.39, 0.29) is 18.3 Å². The number of carbonyl (C=O) groups is 1. The second kappa shape index (κ2) is 6.36. The van der Waals surface area contributed by atoms with Gasteiger partial charge in [0.05, 0.1) is 12.0 Å². The van der Waals surface area contributed by atoms with E-state index in [2.05, 4.69) is 9.84 Å². The monoisotopic (exact) mass is 284 g/mol. The molecule has 0 fully saturated rings. The van der Waals surface area contributed by atoms with E-state index in [0.29, 0.717) is 17.9 Å². The van der Waals surface area contributed by atoms with E-state index < -0.39 is 10.9 Å². The molecule has 0 unspecified atom stereocenters. The lowest BCUT2D eigenvalue weighted by molar-refractivity contribution is -0.384. The van der Waals surface area contributed by atoms with Crippen LogP contribution in [0.4, 0.5) is 11.5 Å². The van der Waals surface area contributed by atoms with Gasteiger partial charge in [0, 0.05) is 13.1 Å². The Morgan fingerprint density at radius 3 is 2.55 bits per heavy atom. The molecule has 0 atom stereocenters. The maximum Gasteiger partial charge on any atom is 0.334 e. The number of hydrogen-bond acceptors (Lipinski definition) is 6. The van der Waals surface area contributed by atoms with Crippen molar-refractivity contribution in [3.8, 4) is 0 Å². The Kier molecular flexibility index (Phi) is 5.06. The van der Waals surface area contributed by atoms with Crippen LogP contribution in [0.1, 0.15) is 26.5 Å². The number of nitrogens with zero attached hydrogens (tertiary/aromatic N) is 4. The summed E-state index contributed by atoms with van der Waals surface area (Å²) in [6.07, 6.45) is 0.453. The van der Waals surface area contributed by atoms with Crippen molar-refractivity contribution >= 4 is 17.5 Å². The van der Waals surface area contributed by atoms with Crippen LogP contribution in [0.3, 0.4) is 0 Å².